The van der Waals surface area contributed by atoms with Crippen molar-refractivity contribution >= 4 is 17.5 Å². The van der Waals surface area contributed by atoms with Crippen LogP contribution in [-0.2, 0) is 25.7 Å². The third-order valence-corrected chi connectivity index (χ3v) is 5.91. The van der Waals surface area contributed by atoms with Gasteiger partial charge in [0.15, 0.2) is 5.69 Å². The largest absolute Gasteiger partial charge is 0.459 e. The normalized spacial score (nSPS) is 12.6. The third-order valence-electron chi connectivity index (χ3n) is 5.58. The van der Waals surface area contributed by atoms with Crippen molar-refractivity contribution in [1.82, 2.24) is 24.6 Å². The summed E-state index contributed by atoms with van der Waals surface area (Å²) in [5.41, 5.74) is -3.75. The fourth-order valence-electron chi connectivity index (χ4n) is 3.75. The van der Waals surface area contributed by atoms with Gasteiger partial charge in [0, 0.05) is 25.4 Å². The smallest absolute Gasteiger partial charge is 0.348 e. The molecule has 206 valence electrons. The van der Waals surface area contributed by atoms with Crippen molar-refractivity contribution < 1.29 is 39.9 Å². The first-order valence-corrected chi connectivity index (χ1v) is 11.2. The molecule has 0 saturated heterocycles. The van der Waals surface area contributed by atoms with Gasteiger partial charge in [-0.25, -0.2) is 4.98 Å². The van der Waals surface area contributed by atoms with Crippen LogP contribution in [-0.4, -0.2) is 31.4 Å². The SMILES string of the molecule is Cn1nc(C(F)(F)C(F)(F)F)c(C(F)(F)F)c1-n1cnc(-c2ccc(Cl)c(C(=O)NCc3ccccc3)c2)c1. The van der Waals surface area contributed by atoms with Gasteiger partial charge in [-0.2, -0.15) is 40.2 Å². The quantitative estimate of drug-likeness (QED) is 0.265. The van der Waals surface area contributed by atoms with E-state index in [1.807, 2.05) is 0 Å². The zero-order valence-electron chi connectivity index (χ0n) is 19.6. The molecule has 0 bridgehead atoms. The molecule has 0 aliphatic heterocycles. The Kier molecular flexibility index (Phi) is 7.19. The van der Waals surface area contributed by atoms with Gasteiger partial charge in [0.2, 0.25) is 0 Å². The Hall–Kier alpha value is -3.94. The van der Waals surface area contributed by atoms with E-state index in [-0.39, 0.29) is 33.1 Å². The van der Waals surface area contributed by atoms with Gasteiger partial charge in [-0.3, -0.25) is 14.0 Å². The van der Waals surface area contributed by atoms with Crippen molar-refractivity contribution in [2.45, 2.75) is 24.8 Å². The standard InChI is InChI=1S/C24H16ClF8N5O/c1-37-21(18(23(28,29)30)19(36-37)22(26,27)24(31,32)33)38-11-17(35-12-38)14-7-8-16(25)15(9-14)20(39)34-10-13-5-3-2-4-6-13/h2-9,11-12H,10H2,1H3,(H,34,39). The van der Waals surface area contributed by atoms with E-state index in [0.717, 1.165) is 25.1 Å². The van der Waals surface area contributed by atoms with E-state index < -0.39 is 41.3 Å². The number of amides is 1. The maximum Gasteiger partial charge on any atom is 0.459 e. The zero-order chi connectivity index (χ0) is 28.8. The summed E-state index contributed by atoms with van der Waals surface area (Å²) >= 11 is 6.15. The molecule has 0 unspecified atom stereocenters. The van der Waals surface area contributed by atoms with E-state index in [1.54, 1.807) is 30.3 Å². The van der Waals surface area contributed by atoms with Crippen LogP contribution >= 0.6 is 11.6 Å². The number of aromatic nitrogens is 4. The summed E-state index contributed by atoms with van der Waals surface area (Å²) in [5, 5.41) is 5.62. The number of alkyl halides is 8. The Morgan fingerprint density at radius 1 is 1.00 bits per heavy atom. The van der Waals surface area contributed by atoms with Gasteiger partial charge in [-0.05, 0) is 17.7 Å². The van der Waals surface area contributed by atoms with E-state index in [2.05, 4.69) is 15.4 Å². The Bertz CT molecular complexity index is 1510. The highest BCUT2D eigenvalue weighted by molar-refractivity contribution is 6.34. The molecule has 6 nitrogen and oxygen atoms in total. The summed E-state index contributed by atoms with van der Waals surface area (Å²) in [6.45, 7) is 0.181. The number of rotatable bonds is 6. The van der Waals surface area contributed by atoms with Crippen molar-refractivity contribution in [3.05, 3.63) is 88.5 Å². The second kappa shape index (κ2) is 9.98. The van der Waals surface area contributed by atoms with E-state index in [9.17, 15) is 39.9 Å². The van der Waals surface area contributed by atoms with Gasteiger partial charge in [0.25, 0.3) is 5.91 Å². The van der Waals surface area contributed by atoms with Gasteiger partial charge < -0.3 is 5.32 Å². The zero-order valence-corrected chi connectivity index (χ0v) is 20.3. The van der Waals surface area contributed by atoms with Crippen LogP contribution in [0.25, 0.3) is 17.1 Å². The third kappa shape index (κ3) is 5.46. The molecule has 39 heavy (non-hydrogen) atoms. The lowest BCUT2D eigenvalue weighted by atomic mass is 10.1. The maximum atomic E-state index is 14.0. The van der Waals surface area contributed by atoms with Crippen molar-refractivity contribution in [3.8, 4) is 17.1 Å². The lowest BCUT2D eigenvalue weighted by molar-refractivity contribution is -0.292. The molecule has 1 N–H and O–H groups in total. The minimum Gasteiger partial charge on any atom is -0.348 e. The van der Waals surface area contributed by atoms with E-state index in [4.69, 9.17) is 11.6 Å². The monoisotopic (exact) mass is 577 g/mol. The van der Waals surface area contributed by atoms with Crippen LogP contribution in [0.4, 0.5) is 35.1 Å². The summed E-state index contributed by atoms with van der Waals surface area (Å²) in [7, 11) is 0.789. The molecule has 0 fully saturated rings. The molecule has 0 aliphatic carbocycles. The molecule has 0 saturated carbocycles. The maximum absolute atomic E-state index is 14.0. The summed E-state index contributed by atoms with van der Waals surface area (Å²) in [6, 6.07) is 13.0. The minimum atomic E-state index is -6.32. The topological polar surface area (TPSA) is 64.7 Å². The molecule has 2 heterocycles. The van der Waals surface area contributed by atoms with Crippen LogP contribution in [0.5, 0.6) is 0 Å². The number of carbonyl (C=O) groups is 1. The van der Waals surface area contributed by atoms with Crippen LogP contribution < -0.4 is 5.32 Å². The van der Waals surface area contributed by atoms with Gasteiger partial charge in [-0.15, -0.1) is 0 Å². The summed E-state index contributed by atoms with van der Waals surface area (Å²) in [6.07, 6.45) is -10.2. The van der Waals surface area contributed by atoms with Crippen molar-refractivity contribution in [1.29, 1.82) is 0 Å². The van der Waals surface area contributed by atoms with Gasteiger partial charge in [0.05, 0.1) is 16.3 Å². The van der Waals surface area contributed by atoms with Gasteiger partial charge in [-0.1, -0.05) is 48.0 Å². The molecule has 1 amide bonds. The van der Waals surface area contributed by atoms with Crippen molar-refractivity contribution in [2.24, 2.45) is 7.05 Å². The predicted molar refractivity (Wildman–Crippen MR) is 123 cm³/mol. The lowest BCUT2D eigenvalue weighted by Gasteiger charge is -2.19. The van der Waals surface area contributed by atoms with Crippen LogP contribution in [0.1, 0.15) is 27.2 Å². The highest BCUT2D eigenvalue weighted by Gasteiger charge is 2.64. The first-order valence-electron chi connectivity index (χ1n) is 10.9. The summed E-state index contributed by atoms with van der Waals surface area (Å²) in [4.78, 5) is 16.6. The molecule has 2 aromatic carbocycles. The first-order chi connectivity index (χ1) is 18.1. The molecular weight excluding hydrogens is 562 g/mol. The van der Waals surface area contributed by atoms with Gasteiger partial charge in [0.1, 0.15) is 17.7 Å². The van der Waals surface area contributed by atoms with Gasteiger partial charge >= 0.3 is 18.3 Å². The van der Waals surface area contributed by atoms with E-state index in [0.29, 0.717) is 4.57 Å². The number of nitrogens with zero attached hydrogens (tertiary/aromatic N) is 4. The molecule has 0 radical (unpaired) electrons. The Balaban J connectivity index is 1.71. The van der Waals surface area contributed by atoms with Crippen LogP contribution in [0.2, 0.25) is 5.02 Å². The molecule has 0 atom stereocenters. The molecule has 4 aromatic rings. The highest BCUT2D eigenvalue weighted by atomic mass is 35.5. The molecular formula is C24H16ClF8N5O. The number of imidazole rings is 1. The number of hydrogen-bond donors (Lipinski definition) is 1. The second-order valence-corrected chi connectivity index (χ2v) is 8.68. The number of hydrogen-bond acceptors (Lipinski definition) is 3. The second-order valence-electron chi connectivity index (χ2n) is 8.27. The lowest BCUT2D eigenvalue weighted by Crippen LogP contribution is -2.36. The van der Waals surface area contributed by atoms with Crippen molar-refractivity contribution in [2.75, 3.05) is 0 Å². The molecule has 0 spiro atoms. The number of benzene rings is 2. The molecule has 0 aliphatic rings. The van der Waals surface area contributed by atoms with Crippen LogP contribution in [0.3, 0.4) is 0 Å². The molecule has 4 rings (SSSR count). The molecule has 15 heteroatoms. The fourth-order valence-corrected chi connectivity index (χ4v) is 3.95. The fraction of sp³-hybridized carbons (Fsp3) is 0.208. The minimum absolute atomic E-state index is 0.0169. The average molecular weight is 578 g/mol. The molecule has 2 aromatic heterocycles. The van der Waals surface area contributed by atoms with Crippen LogP contribution in [0, 0.1) is 0 Å². The predicted octanol–water partition coefficient (Wildman–Crippen LogP) is 6.53. The average Bonchev–Trinajstić information content (AvgIpc) is 3.47. The van der Waals surface area contributed by atoms with E-state index >= 15 is 0 Å². The van der Waals surface area contributed by atoms with Crippen molar-refractivity contribution in [3.63, 3.8) is 0 Å². The summed E-state index contributed by atoms with van der Waals surface area (Å²) < 4.78 is 109. The van der Waals surface area contributed by atoms with Crippen LogP contribution in [0.15, 0.2) is 61.1 Å². The Morgan fingerprint density at radius 2 is 1.67 bits per heavy atom. The first kappa shape index (κ1) is 28.1. The number of carbonyl (C=O) groups excluding carboxylic acids is 1. The highest BCUT2D eigenvalue weighted by Crippen LogP contribution is 2.49. The van der Waals surface area contributed by atoms with E-state index in [1.165, 1.54) is 18.2 Å². The summed E-state index contributed by atoms with van der Waals surface area (Å²) in [5.74, 6) is -7.56. The Morgan fingerprint density at radius 3 is 2.28 bits per heavy atom. The Labute approximate surface area is 219 Å². The number of nitrogens with one attached hydrogen (secondary N) is 1. The number of halogens is 9. The number of aryl methyl sites for hydroxylation is 1.